The Bertz CT molecular complexity index is 698. The topological polar surface area (TPSA) is 84.3 Å². The van der Waals surface area contributed by atoms with E-state index in [0.717, 1.165) is 25.0 Å². The minimum Gasteiger partial charge on any atom is -0.340 e. The van der Waals surface area contributed by atoms with Gasteiger partial charge in [0.25, 0.3) is 0 Å². The maximum absolute atomic E-state index is 12.8. The lowest BCUT2D eigenvalue weighted by Crippen LogP contribution is -2.53. The predicted octanol–water partition coefficient (Wildman–Crippen LogP) is 0.567. The average Bonchev–Trinajstić information content (AvgIpc) is 3.11. The minimum atomic E-state index is -0.478. The van der Waals surface area contributed by atoms with E-state index in [-0.39, 0.29) is 29.6 Å². The van der Waals surface area contributed by atoms with Crippen molar-refractivity contribution in [3.05, 3.63) is 18.2 Å². The van der Waals surface area contributed by atoms with E-state index in [1.165, 1.54) is 0 Å². The van der Waals surface area contributed by atoms with Gasteiger partial charge in [0.2, 0.25) is 17.7 Å². The first-order valence-corrected chi connectivity index (χ1v) is 8.65. The van der Waals surface area contributed by atoms with E-state index in [1.54, 1.807) is 4.90 Å². The highest BCUT2D eigenvalue weighted by atomic mass is 16.2. The van der Waals surface area contributed by atoms with Crippen LogP contribution in [0.25, 0.3) is 0 Å². The van der Waals surface area contributed by atoms with Gasteiger partial charge in [-0.1, -0.05) is 0 Å². The normalized spacial score (nSPS) is 33.5. The highest BCUT2D eigenvalue weighted by Gasteiger charge is 2.48. The van der Waals surface area contributed by atoms with Crippen LogP contribution < -0.4 is 5.32 Å². The number of rotatable bonds is 2. The van der Waals surface area contributed by atoms with Gasteiger partial charge in [0, 0.05) is 38.0 Å². The predicted molar refractivity (Wildman–Crippen MR) is 84.7 cm³/mol. The van der Waals surface area contributed by atoms with E-state index in [0.29, 0.717) is 25.3 Å². The van der Waals surface area contributed by atoms with Crippen LogP contribution >= 0.6 is 0 Å². The van der Waals surface area contributed by atoms with Crippen LogP contribution in [-0.4, -0.2) is 44.8 Å². The van der Waals surface area contributed by atoms with Gasteiger partial charge < -0.3 is 9.47 Å². The molecule has 24 heavy (non-hydrogen) atoms. The van der Waals surface area contributed by atoms with E-state index >= 15 is 0 Å². The van der Waals surface area contributed by atoms with E-state index in [9.17, 15) is 14.4 Å². The molecule has 3 aliphatic rings. The van der Waals surface area contributed by atoms with Crippen molar-refractivity contribution in [3.8, 4) is 0 Å². The van der Waals surface area contributed by atoms with Gasteiger partial charge in [0.15, 0.2) is 0 Å². The van der Waals surface area contributed by atoms with Crippen molar-refractivity contribution in [1.82, 2.24) is 19.8 Å². The number of imidazole rings is 1. The standard InChI is InChI=1S/C17H22N4O3/c1-20-8-13(18-9-20)10-2-3-12-11(6-10)7-21(17(12)24)14-4-5-15(22)19-16(14)23/h8-12,14H,2-7H2,1H3,(H,19,22,23). The highest BCUT2D eigenvalue weighted by molar-refractivity contribution is 6.02. The lowest BCUT2D eigenvalue weighted by atomic mass is 9.74. The Labute approximate surface area is 140 Å². The summed E-state index contributed by atoms with van der Waals surface area (Å²) in [6.07, 6.45) is 7.39. The molecule has 0 radical (unpaired) electrons. The summed E-state index contributed by atoms with van der Waals surface area (Å²) in [7, 11) is 1.96. The molecule has 0 aromatic carbocycles. The van der Waals surface area contributed by atoms with Crippen LogP contribution in [0.4, 0.5) is 0 Å². The molecule has 128 valence electrons. The lowest BCUT2D eigenvalue weighted by molar-refractivity contribution is -0.144. The summed E-state index contributed by atoms with van der Waals surface area (Å²) in [6, 6.07) is -0.478. The van der Waals surface area contributed by atoms with Gasteiger partial charge in [-0.3, -0.25) is 19.7 Å². The second-order valence-electron chi connectivity index (χ2n) is 7.30. The quantitative estimate of drug-likeness (QED) is 0.804. The SMILES string of the molecule is Cn1cnc(C2CCC3C(=O)N(C4CCC(=O)NC4=O)CC3C2)c1. The minimum absolute atomic E-state index is 0.0235. The molecule has 3 amide bonds. The fourth-order valence-electron chi connectivity index (χ4n) is 4.52. The number of hydrogen-bond donors (Lipinski definition) is 1. The summed E-state index contributed by atoms with van der Waals surface area (Å²) in [5.74, 6) is 0.227. The fraction of sp³-hybridized carbons (Fsp3) is 0.647. The van der Waals surface area contributed by atoms with Crippen molar-refractivity contribution in [2.75, 3.05) is 6.54 Å². The van der Waals surface area contributed by atoms with Crippen LogP contribution in [-0.2, 0) is 21.4 Å². The molecule has 3 heterocycles. The molecule has 3 fully saturated rings. The largest absolute Gasteiger partial charge is 0.340 e. The fourth-order valence-corrected chi connectivity index (χ4v) is 4.52. The summed E-state index contributed by atoms with van der Waals surface area (Å²) >= 11 is 0. The van der Waals surface area contributed by atoms with Gasteiger partial charge in [0.1, 0.15) is 6.04 Å². The number of hydrogen-bond acceptors (Lipinski definition) is 4. The van der Waals surface area contributed by atoms with Crippen LogP contribution in [0.15, 0.2) is 12.5 Å². The van der Waals surface area contributed by atoms with Crippen LogP contribution in [0, 0.1) is 11.8 Å². The van der Waals surface area contributed by atoms with E-state index in [4.69, 9.17) is 0 Å². The molecule has 7 heteroatoms. The summed E-state index contributed by atoms with van der Waals surface area (Å²) in [5.41, 5.74) is 1.10. The molecule has 0 bridgehead atoms. The number of fused-ring (bicyclic) bond motifs is 1. The van der Waals surface area contributed by atoms with Gasteiger partial charge in [-0.05, 0) is 31.6 Å². The van der Waals surface area contributed by atoms with Crippen molar-refractivity contribution in [3.63, 3.8) is 0 Å². The number of nitrogens with one attached hydrogen (secondary N) is 1. The van der Waals surface area contributed by atoms with Crippen molar-refractivity contribution >= 4 is 17.7 Å². The smallest absolute Gasteiger partial charge is 0.249 e. The Hall–Kier alpha value is -2.18. The monoisotopic (exact) mass is 330 g/mol. The zero-order valence-electron chi connectivity index (χ0n) is 13.8. The number of nitrogens with zero attached hydrogens (tertiary/aromatic N) is 3. The number of amides is 3. The molecular weight excluding hydrogens is 308 g/mol. The first kappa shape index (κ1) is 15.4. The molecule has 1 saturated carbocycles. The van der Waals surface area contributed by atoms with Crippen molar-refractivity contribution < 1.29 is 14.4 Å². The Morgan fingerprint density at radius 3 is 2.75 bits per heavy atom. The molecule has 7 nitrogen and oxygen atoms in total. The van der Waals surface area contributed by atoms with Gasteiger partial charge >= 0.3 is 0 Å². The van der Waals surface area contributed by atoms with Crippen molar-refractivity contribution in [1.29, 1.82) is 0 Å². The molecule has 2 aliphatic heterocycles. The highest BCUT2D eigenvalue weighted by Crippen LogP contribution is 2.44. The van der Waals surface area contributed by atoms with Gasteiger partial charge in [-0.2, -0.15) is 0 Å². The zero-order valence-corrected chi connectivity index (χ0v) is 13.8. The number of aryl methyl sites for hydroxylation is 1. The molecular formula is C17H22N4O3. The summed E-state index contributed by atoms with van der Waals surface area (Å²) in [5, 5.41) is 2.36. The van der Waals surface area contributed by atoms with Crippen LogP contribution in [0.2, 0.25) is 0 Å². The first-order valence-electron chi connectivity index (χ1n) is 8.65. The molecule has 1 aromatic heterocycles. The van der Waals surface area contributed by atoms with Crippen molar-refractivity contribution in [2.45, 2.75) is 44.1 Å². The summed E-state index contributed by atoms with van der Waals surface area (Å²) < 4.78 is 1.96. The number of carbonyl (C=O) groups is 3. The number of aromatic nitrogens is 2. The van der Waals surface area contributed by atoms with Crippen molar-refractivity contribution in [2.24, 2.45) is 18.9 Å². The second-order valence-corrected chi connectivity index (χ2v) is 7.30. The Kier molecular flexibility index (Phi) is 3.66. The van der Waals surface area contributed by atoms with Crippen LogP contribution in [0.5, 0.6) is 0 Å². The molecule has 2 saturated heterocycles. The van der Waals surface area contributed by atoms with E-state index in [1.807, 2.05) is 17.9 Å². The molecule has 1 aromatic rings. The van der Waals surface area contributed by atoms with Crippen LogP contribution in [0.3, 0.4) is 0 Å². The molecule has 4 unspecified atom stereocenters. The van der Waals surface area contributed by atoms with Gasteiger partial charge in [-0.15, -0.1) is 0 Å². The lowest BCUT2D eigenvalue weighted by Gasteiger charge is -2.29. The Morgan fingerprint density at radius 2 is 2.04 bits per heavy atom. The third-order valence-electron chi connectivity index (χ3n) is 5.74. The summed E-state index contributed by atoms with van der Waals surface area (Å²) in [4.78, 5) is 42.4. The second kappa shape index (κ2) is 5.72. The average molecular weight is 330 g/mol. The number of piperidine rings is 1. The molecule has 0 spiro atoms. The van der Waals surface area contributed by atoms with Gasteiger partial charge in [-0.25, -0.2) is 4.98 Å². The third kappa shape index (κ3) is 2.52. The number of imide groups is 1. The van der Waals surface area contributed by atoms with Crippen LogP contribution in [0.1, 0.15) is 43.7 Å². The summed E-state index contributed by atoms with van der Waals surface area (Å²) in [6.45, 7) is 0.624. The first-order chi connectivity index (χ1) is 11.5. The maximum atomic E-state index is 12.8. The zero-order chi connectivity index (χ0) is 16.8. The molecule has 4 atom stereocenters. The number of likely N-dealkylation sites (tertiary alicyclic amines) is 1. The third-order valence-corrected chi connectivity index (χ3v) is 5.74. The Morgan fingerprint density at radius 1 is 1.21 bits per heavy atom. The van der Waals surface area contributed by atoms with E-state index in [2.05, 4.69) is 16.5 Å². The van der Waals surface area contributed by atoms with E-state index < -0.39 is 6.04 Å². The Balaban J connectivity index is 1.48. The molecule has 1 N–H and O–H groups in total. The molecule has 4 rings (SSSR count). The maximum Gasteiger partial charge on any atom is 0.249 e. The number of carbonyl (C=O) groups excluding carboxylic acids is 3. The molecule has 1 aliphatic carbocycles. The van der Waals surface area contributed by atoms with Gasteiger partial charge in [0.05, 0.1) is 12.0 Å².